The minimum atomic E-state index is -0.253. The van der Waals surface area contributed by atoms with E-state index in [0.29, 0.717) is 13.1 Å². The quantitative estimate of drug-likeness (QED) is 0.148. The van der Waals surface area contributed by atoms with Crippen LogP contribution in [0.15, 0.2) is 131 Å². The second-order valence-corrected chi connectivity index (χ2v) is 13.3. The van der Waals surface area contributed by atoms with E-state index in [1.54, 1.807) is 26.4 Å². The summed E-state index contributed by atoms with van der Waals surface area (Å²) in [5.74, 6) is 1.25. The fourth-order valence-electron chi connectivity index (χ4n) is 6.35. The molecule has 0 unspecified atom stereocenters. The monoisotopic (exact) mass is 736 g/mol. The minimum absolute atomic E-state index is 0.163. The third-order valence-corrected chi connectivity index (χ3v) is 9.58. The summed E-state index contributed by atoms with van der Waals surface area (Å²) in [4.78, 5) is 0. The molecule has 230 valence electrons. The Kier molecular flexibility index (Phi) is 8.45. The van der Waals surface area contributed by atoms with Crippen LogP contribution >= 0.6 is 31.9 Å². The molecule has 0 saturated heterocycles. The van der Waals surface area contributed by atoms with Gasteiger partial charge < -0.3 is 18.6 Å². The van der Waals surface area contributed by atoms with Crippen molar-refractivity contribution in [3.05, 3.63) is 164 Å². The van der Waals surface area contributed by atoms with Crippen molar-refractivity contribution in [2.45, 2.75) is 19.0 Å². The van der Waals surface area contributed by atoms with Crippen molar-refractivity contribution in [3.8, 4) is 11.5 Å². The van der Waals surface area contributed by atoms with Gasteiger partial charge in [0.1, 0.15) is 17.3 Å². The number of hydrogen-bond acceptors (Lipinski definition) is 2. The Bertz CT molecular complexity index is 2020. The SMILES string of the molecule is COc1ccc(Cn2cc(C(c3ccc(F)cc3)c3cn(Cc4ccc(OC)cc4)c4ccc(Br)cc34)c3cc(Br)ccc32)cc1. The molecule has 0 radical (unpaired) electrons. The zero-order valence-corrected chi connectivity index (χ0v) is 28.6. The van der Waals surface area contributed by atoms with Crippen LogP contribution in [-0.4, -0.2) is 23.4 Å². The summed E-state index contributed by atoms with van der Waals surface area (Å²) in [5.41, 5.74) is 7.93. The zero-order chi connectivity index (χ0) is 31.8. The third kappa shape index (κ3) is 5.97. The van der Waals surface area contributed by atoms with Gasteiger partial charge in [0.25, 0.3) is 0 Å². The summed E-state index contributed by atoms with van der Waals surface area (Å²) < 4.78 is 31.7. The van der Waals surface area contributed by atoms with E-state index in [1.807, 2.05) is 36.4 Å². The normalized spacial score (nSPS) is 11.5. The van der Waals surface area contributed by atoms with Crippen LogP contribution in [0.25, 0.3) is 21.8 Å². The second kappa shape index (κ2) is 12.8. The maximum Gasteiger partial charge on any atom is 0.123 e. The number of methoxy groups -OCH3 is 2. The molecule has 5 aromatic carbocycles. The van der Waals surface area contributed by atoms with Gasteiger partial charge >= 0.3 is 0 Å². The average Bonchev–Trinajstić information content (AvgIpc) is 3.59. The maximum atomic E-state index is 14.3. The van der Waals surface area contributed by atoms with Gasteiger partial charge in [0.05, 0.1) is 14.2 Å². The second-order valence-electron chi connectivity index (χ2n) is 11.4. The molecule has 0 spiro atoms. The van der Waals surface area contributed by atoms with Crippen LogP contribution in [0.4, 0.5) is 4.39 Å². The molecule has 7 rings (SSSR count). The number of fused-ring (bicyclic) bond motifs is 2. The maximum absolute atomic E-state index is 14.3. The van der Waals surface area contributed by atoms with E-state index in [9.17, 15) is 4.39 Å². The minimum Gasteiger partial charge on any atom is -0.497 e. The van der Waals surface area contributed by atoms with Gasteiger partial charge in [-0.2, -0.15) is 0 Å². The number of nitrogens with zero attached hydrogens (tertiary/aromatic N) is 2. The highest BCUT2D eigenvalue weighted by Gasteiger charge is 2.26. The van der Waals surface area contributed by atoms with Crippen molar-refractivity contribution >= 4 is 53.7 Å². The van der Waals surface area contributed by atoms with Crippen LogP contribution in [0.2, 0.25) is 0 Å². The van der Waals surface area contributed by atoms with E-state index in [4.69, 9.17) is 9.47 Å². The molecule has 0 aliphatic heterocycles. The summed E-state index contributed by atoms with van der Waals surface area (Å²) in [6, 6.07) is 36.2. The Balaban J connectivity index is 1.42. The van der Waals surface area contributed by atoms with Gasteiger partial charge in [-0.05, 0) is 101 Å². The number of rotatable bonds is 9. The topological polar surface area (TPSA) is 28.3 Å². The number of aromatic nitrogens is 2. The predicted octanol–water partition coefficient (Wildman–Crippen LogP) is 10.6. The van der Waals surface area contributed by atoms with Crippen molar-refractivity contribution < 1.29 is 13.9 Å². The van der Waals surface area contributed by atoms with Gasteiger partial charge in [0, 0.05) is 62.2 Å². The Morgan fingerprint density at radius 1 is 0.587 bits per heavy atom. The first-order valence-corrected chi connectivity index (χ1v) is 16.6. The fourth-order valence-corrected chi connectivity index (χ4v) is 7.07. The van der Waals surface area contributed by atoms with E-state index in [0.717, 1.165) is 58.9 Å². The molecule has 0 aliphatic rings. The Morgan fingerprint density at radius 2 is 1.02 bits per heavy atom. The first-order valence-electron chi connectivity index (χ1n) is 15.0. The molecule has 0 atom stereocenters. The van der Waals surface area contributed by atoms with Crippen molar-refractivity contribution in [1.29, 1.82) is 0 Å². The van der Waals surface area contributed by atoms with Crippen molar-refractivity contribution in [2.75, 3.05) is 14.2 Å². The Labute approximate surface area is 284 Å². The number of benzene rings is 5. The molecule has 4 nitrogen and oxygen atoms in total. The van der Waals surface area contributed by atoms with Crippen LogP contribution in [0.1, 0.15) is 33.7 Å². The van der Waals surface area contributed by atoms with E-state index in [1.165, 1.54) is 11.1 Å². The highest BCUT2D eigenvalue weighted by atomic mass is 79.9. The zero-order valence-electron chi connectivity index (χ0n) is 25.4. The van der Waals surface area contributed by atoms with Gasteiger partial charge in [-0.15, -0.1) is 0 Å². The summed E-state index contributed by atoms with van der Waals surface area (Å²) in [6.07, 6.45) is 4.53. The van der Waals surface area contributed by atoms with E-state index >= 15 is 0 Å². The van der Waals surface area contributed by atoms with Crippen molar-refractivity contribution in [2.24, 2.45) is 0 Å². The van der Waals surface area contributed by atoms with Crippen LogP contribution in [-0.2, 0) is 13.1 Å². The molecule has 0 bridgehead atoms. The predicted molar refractivity (Wildman–Crippen MR) is 191 cm³/mol. The van der Waals surface area contributed by atoms with Crippen LogP contribution in [0, 0.1) is 5.82 Å². The fraction of sp³-hybridized carbons (Fsp3) is 0.128. The Morgan fingerprint density at radius 3 is 1.43 bits per heavy atom. The molecule has 7 heteroatoms. The van der Waals surface area contributed by atoms with Crippen LogP contribution < -0.4 is 9.47 Å². The van der Waals surface area contributed by atoms with E-state index in [-0.39, 0.29) is 11.7 Å². The lowest BCUT2D eigenvalue weighted by atomic mass is 9.85. The van der Waals surface area contributed by atoms with Gasteiger partial charge in [-0.25, -0.2) is 4.39 Å². The summed E-state index contributed by atoms with van der Waals surface area (Å²) in [5, 5.41) is 2.28. The number of ether oxygens (including phenoxy) is 2. The summed E-state index contributed by atoms with van der Waals surface area (Å²) in [6.45, 7) is 1.39. The number of halogens is 3. The molecule has 7 aromatic rings. The van der Waals surface area contributed by atoms with Gasteiger partial charge in [-0.3, -0.25) is 0 Å². The molecule has 2 heterocycles. The molecule has 0 saturated carbocycles. The van der Waals surface area contributed by atoms with Crippen LogP contribution in [0.5, 0.6) is 11.5 Å². The first-order chi connectivity index (χ1) is 22.4. The van der Waals surface area contributed by atoms with Gasteiger partial charge in [0.2, 0.25) is 0 Å². The van der Waals surface area contributed by atoms with Crippen molar-refractivity contribution in [3.63, 3.8) is 0 Å². The summed E-state index contributed by atoms with van der Waals surface area (Å²) >= 11 is 7.48. The first kappa shape index (κ1) is 30.3. The van der Waals surface area contributed by atoms with E-state index in [2.05, 4.69) is 114 Å². The smallest absolute Gasteiger partial charge is 0.123 e. The molecule has 46 heavy (non-hydrogen) atoms. The average molecular weight is 738 g/mol. The molecular weight excluding hydrogens is 707 g/mol. The van der Waals surface area contributed by atoms with Gasteiger partial charge in [-0.1, -0.05) is 68.3 Å². The largest absolute Gasteiger partial charge is 0.497 e. The van der Waals surface area contributed by atoms with Crippen molar-refractivity contribution in [1.82, 2.24) is 9.13 Å². The molecule has 2 aromatic heterocycles. The van der Waals surface area contributed by atoms with Crippen LogP contribution in [0.3, 0.4) is 0 Å². The third-order valence-electron chi connectivity index (χ3n) is 8.60. The lowest BCUT2D eigenvalue weighted by molar-refractivity contribution is 0.414. The lowest BCUT2D eigenvalue weighted by Crippen LogP contribution is -2.04. The highest BCUT2D eigenvalue weighted by molar-refractivity contribution is 9.10. The Hall–Kier alpha value is -4.33. The standard InChI is InChI=1S/C39H31Br2FN2O2/c1-45-31-13-3-25(4-14-31)21-43-23-35(33-19-28(40)9-17-37(33)43)39(27-7-11-30(42)12-8-27)36-24-44(38-18-10-29(41)20-34(36)38)22-26-5-15-32(46-2)16-6-26/h3-20,23-24,39H,21-22H2,1-2H3. The summed E-state index contributed by atoms with van der Waals surface area (Å²) in [7, 11) is 3.36. The lowest BCUT2D eigenvalue weighted by Gasteiger charge is -2.18. The number of hydrogen-bond donors (Lipinski definition) is 0. The molecule has 0 fully saturated rings. The molecular formula is C39H31Br2FN2O2. The van der Waals surface area contributed by atoms with Gasteiger partial charge in [0.15, 0.2) is 0 Å². The van der Waals surface area contributed by atoms with E-state index < -0.39 is 0 Å². The molecule has 0 amide bonds. The highest BCUT2D eigenvalue weighted by Crippen LogP contribution is 2.42. The molecule has 0 aliphatic carbocycles. The molecule has 0 N–H and O–H groups in total.